The van der Waals surface area contributed by atoms with Crippen LogP contribution in [0.1, 0.15) is 25.3 Å². The maximum atomic E-state index is 10.3. The van der Waals surface area contributed by atoms with Crippen molar-refractivity contribution in [2.24, 2.45) is 0 Å². The summed E-state index contributed by atoms with van der Waals surface area (Å²) in [7, 11) is 0. The number of fused-ring (bicyclic) bond motifs is 1. The Bertz CT molecular complexity index is 979. The smallest absolute Gasteiger partial charge is 0.199 e. The van der Waals surface area contributed by atoms with Crippen molar-refractivity contribution < 1.29 is 14.3 Å². The van der Waals surface area contributed by atoms with Crippen LogP contribution in [-0.4, -0.2) is 51.8 Å². The van der Waals surface area contributed by atoms with Gasteiger partial charge in [-0.1, -0.05) is 11.6 Å². The van der Waals surface area contributed by atoms with Gasteiger partial charge in [0.2, 0.25) is 0 Å². The lowest BCUT2D eigenvalue weighted by molar-refractivity contribution is -0.0400. The van der Waals surface area contributed by atoms with Crippen molar-refractivity contribution in [3.8, 4) is 17.0 Å². The van der Waals surface area contributed by atoms with Crippen molar-refractivity contribution in [3.63, 3.8) is 0 Å². The topological polar surface area (TPSA) is 71.6 Å². The van der Waals surface area contributed by atoms with Gasteiger partial charge in [-0.2, -0.15) is 4.98 Å². The number of phenols is 1. The van der Waals surface area contributed by atoms with E-state index in [1.807, 2.05) is 19.1 Å². The number of aromatic nitrogens is 2. The largest absolute Gasteiger partial charge is 0.507 e. The predicted molar refractivity (Wildman–Crippen MR) is 109 cm³/mol. The van der Waals surface area contributed by atoms with Crippen LogP contribution in [0.2, 0.25) is 5.02 Å². The maximum absolute atomic E-state index is 10.3. The van der Waals surface area contributed by atoms with Crippen LogP contribution in [0.5, 0.6) is 5.75 Å². The fraction of sp³-hybridized carbons (Fsp3) is 0.429. The van der Waals surface area contributed by atoms with Crippen molar-refractivity contribution in [3.05, 3.63) is 40.7 Å². The van der Waals surface area contributed by atoms with E-state index in [0.717, 1.165) is 25.3 Å². The monoisotopic (exact) mass is 401 g/mol. The predicted octanol–water partition coefficient (Wildman–Crippen LogP) is 4.21. The lowest BCUT2D eigenvalue weighted by atomic mass is 10.0. The van der Waals surface area contributed by atoms with E-state index in [0.29, 0.717) is 45.9 Å². The molecule has 1 aromatic carbocycles. The van der Waals surface area contributed by atoms with Gasteiger partial charge in [-0.15, -0.1) is 0 Å². The quantitative estimate of drug-likeness (QED) is 0.706. The summed E-state index contributed by atoms with van der Waals surface area (Å²) in [6.07, 6.45) is 0.673. The second-order valence-electron chi connectivity index (χ2n) is 7.53. The van der Waals surface area contributed by atoms with Gasteiger partial charge >= 0.3 is 0 Å². The number of aryl methyl sites for hydroxylation is 1. The molecule has 0 amide bonds. The minimum Gasteiger partial charge on any atom is -0.507 e. The molecule has 0 spiro atoms. The van der Waals surface area contributed by atoms with Crippen molar-refractivity contribution in [2.45, 2.75) is 39.3 Å². The van der Waals surface area contributed by atoms with Gasteiger partial charge in [-0.05, 0) is 50.6 Å². The van der Waals surface area contributed by atoms with E-state index in [1.165, 1.54) is 6.07 Å². The third-order valence-corrected chi connectivity index (χ3v) is 5.35. The lowest BCUT2D eigenvalue weighted by Crippen LogP contribution is -2.46. The molecule has 1 aliphatic rings. The molecule has 0 aliphatic carbocycles. The zero-order chi connectivity index (χ0) is 19.8. The van der Waals surface area contributed by atoms with Crippen LogP contribution in [0.25, 0.3) is 22.5 Å². The molecule has 148 valence electrons. The van der Waals surface area contributed by atoms with E-state index in [4.69, 9.17) is 20.8 Å². The molecule has 1 unspecified atom stereocenters. The third kappa shape index (κ3) is 3.85. The molecule has 1 atom stereocenters. The molecule has 3 heterocycles. The van der Waals surface area contributed by atoms with E-state index in [2.05, 4.69) is 28.7 Å². The minimum atomic E-state index is 0.0613. The number of rotatable bonds is 4. The number of phenolic OH excluding ortho intramolecular Hbond substituents is 1. The van der Waals surface area contributed by atoms with E-state index in [1.54, 1.807) is 6.07 Å². The van der Waals surface area contributed by atoms with Crippen LogP contribution in [0.4, 0.5) is 0 Å². The Morgan fingerprint density at radius 1 is 1.29 bits per heavy atom. The number of pyridine rings is 1. The molecule has 1 aliphatic heterocycles. The first-order chi connectivity index (χ1) is 13.4. The molecular formula is C21H24ClN3O3. The summed E-state index contributed by atoms with van der Waals surface area (Å²) < 4.78 is 11.8. The molecule has 0 radical (unpaired) electrons. The van der Waals surface area contributed by atoms with Crippen LogP contribution in [0, 0.1) is 6.92 Å². The van der Waals surface area contributed by atoms with Crippen LogP contribution < -0.4 is 0 Å². The number of morpholine rings is 1. The zero-order valence-electron chi connectivity index (χ0n) is 16.3. The fourth-order valence-corrected chi connectivity index (χ4v) is 3.94. The number of benzene rings is 1. The highest BCUT2D eigenvalue weighted by Gasteiger charge is 2.24. The number of oxazole rings is 1. The van der Waals surface area contributed by atoms with Crippen LogP contribution in [0.3, 0.4) is 0 Å². The Balaban J connectivity index is 1.59. The molecule has 1 saturated heterocycles. The van der Waals surface area contributed by atoms with E-state index >= 15 is 0 Å². The van der Waals surface area contributed by atoms with Gasteiger partial charge in [-0.3, -0.25) is 4.90 Å². The van der Waals surface area contributed by atoms with Gasteiger partial charge in [0, 0.05) is 29.7 Å². The first-order valence-electron chi connectivity index (χ1n) is 9.52. The van der Waals surface area contributed by atoms with Gasteiger partial charge in [0.25, 0.3) is 0 Å². The van der Waals surface area contributed by atoms with Gasteiger partial charge in [0.05, 0.1) is 24.8 Å². The van der Waals surface area contributed by atoms with Crippen molar-refractivity contribution in [1.82, 2.24) is 14.9 Å². The molecular weight excluding hydrogens is 378 g/mol. The highest BCUT2D eigenvalue weighted by molar-refractivity contribution is 6.31. The summed E-state index contributed by atoms with van der Waals surface area (Å²) in [5, 5.41) is 10.8. The molecule has 28 heavy (non-hydrogen) atoms. The third-order valence-electron chi connectivity index (χ3n) is 5.14. The fourth-order valence-electron chi connectivity index (χ4n) is 3.68. The van der Waals surface area contributed by atoms with Crippen molar-refractivity contribution in [1.29, 1.82) is 0 Å². The van der Waals surface area contributed by atoms with Crippen molar-refractivity contribution >= 4 is 22.8 Å². The Hall–Kier alpha value is -2.15. The Morgan fingerprint density at radius 3 is 2.86 bits per heavy atom. The molecule has 1 fully saturated rings. The molecule has 2 aromatic heterocycles. The van der Waals surface area contributed by atoms with Gasteiger partial charge in [-0.25, -0.2) is 4.98 Å². The number of nitrogens with zero attached hydrogens (tertiary/aromatic N) is 3. The Labute approximate surface area is 169 Å². The van der Waals surface area contributed by atoms with Crippen LogP contribution in [0.15, 0.2) is 28.7 Å². The average Bonchev–Trinajstić information content (AvgIpc) is 3.02. The molecule has 0 saturated carbocycles. The second kappa shape index (κ2) is 7.70. The summed E-state index contributed by atoms with van der Waals surface area (Å²) >= 11 is 6.01. The van der Waals surface area contributed by atoms with Gasteiger partial charge in [0.15, 0.2) is 17.1 Å². The summed E-state index contributed by atoms with van der Waals surface area (Å²) in [5.41, 5.74) is 3.29. The zero-order valence-corrected chi connectivity index (χ0v) is 17.0. The Kier molecular flexibility index (Phi) is 5.27. The first-order valence-corrected chi connectivity index (χ1v) is 9.90. The van der Waals surface area contributed by atoms with Gasteiger partial charge in [0.1, 0.15) is 5.75 Å². The highest BCUT2D eigenvalue weighted by Crippen LogP contribution is 2.34. The maximum Gasteiger partial charge on any atom is 0.199 e. The Morgan fingerprint density at radius 2 is 2.11 bits per heavy atom. The summed E-state index contributed by atoms with van der Waals surface area (Å²) in [5.74, 6) is 0.720. The highest BCUT2D eigenvalue weighted by atomic mass is 35.5. The minimum absolute atomic E-state index is 0.0613. The van der Waals surface area contributed by atoms with Gasteiger partial charge < -0.3 is 14.3 Å². The SMILES string of the molecule is Cc1cc(Cl)cc(O)c1-c1ccc2oc(CC3CN(C(C)C)CCO3)nc2n1. The standard InChI is InChI=1S/C21H24ClN3O3/c1-12(2)25-6-7-27-15(11-25)10-19-24-21-18(28-19)5-4-16(23-21)20-13(3)8-14(22)9-17(20)26/h4-5,8-9,12,15,26H,6-7,10-11H2,1-3H3. The van der Waals surface area contributed by atoms with Crippen LogP contribution in [-0.2, 0) is 11.2 Å². The van der Waals surface area contributed by atoms with Crippen LogP contribution >= 0.6 is 11.6 Å². The molecule has 0 bridgehead atoms. The molecule has 7 heteroatoms. The summed E-state index contributed by atoms with van der Waals surface area (Å²) in [6.45, 7) is 8.83. The summed E-state index contributed by atoms with van der Waals surface area (Å²) in [4.78, 5) is 11.6. The molecule has 1 N–H and O–H groups in total. The first kappa shape index (κ1) is 19.2. The number of halogens is 1. The lowest BCUT2D eigenvalue weighted by Gasteiger charge is -2.35. The number of hydrogen-bond donors (Lipinski definition) is 1. The van der Waals surface area contributed by atoms with E-state index in [-0.39, 0.29) is 11.9 Å². The molecule has 4 rings (SSSR count). The second-order valence-corrected chi connectivity index (χ2v) is 7.96. The normalized spacial score (nSPS) is 18.2. The van der Waals surface area contributed by atoms with Crippen molar-refractivity contribution in [2.75, 3.05) is 19.7 Å². The number of ether oxygens (including phenoxy) is 1. The van der Waals surface area contributed by atoms with E-state index in [9.17, 15) is 5.11 Å². The summed E-state index contributed by atoms with van der Waals surface area (Å²) in [6, 6.07) is 7.48. The number of aromatic hydroxyl groups is 1. The number of hydrogen-bond acceptors (Lipinski definition) is 6. The van der Waals surface area contributed by atoms with E-state index < -0.39 is 0 Å². The molecule has 3 aromatic rings. The molecule has 6 nitrogen and oxygen atoms in total. The average molecular weight is 402 g/mol.